The summed E-state index contributed by atoms with van der Waals surface area (Å²) in [5.41, 5.74) is 3.74. The van der Waals surface area contributed by atoms with Gasteiger partial charge in [0.15, 0.2) is 0 Å². The fourth-order valence-electron chi connectivity index (χ4n) is 3.16. The second kappa shape index (κ2) is 5.12. The van der Waals surface area contributed by atoms with E-state index in [1.807, 2.05) is 6.07 Å². The molecule has 0 saturated carbocycles. The van der Waals surface area contributed by atoms with E-state index in [9.17, 15) is 0 Å². The Bertz CT molecular complexity index is 627. The van der Waals surface area contributed by atoms with Gasteiger partial charge in [-0.25, -0.2) is 0 Å². The molecule has 0 spiro atoms. The summed E-state index contributed by atoms with van der Waals surface area (Å²) in [4.78, 5) is 0. The van der Waals surface area contributed by atoms with Crippen molar-refractivity contribution in [3.05, 3.63) is 32.9 Å². The highest BCUT2D eigenvalue weighted by Crippen LogP contribution is 2.39. The Kier molecular flexibility index (Phi) is 3.63. The van der Waals surface area contributed by atoms with Crippen molar-refractivity contribution in [3.63, 3.8) is 0 Å². The Labute approximate surface area is 127 Å². The fourth-order valence-corrected chi connectivity index (χ4v) is 4.18. The molecule has 2 heterocycles. The molecule has 1 fully saturated rings. The first-order chi connectivity index (χ1) is 9.11. The predicted octanol–water partition coefficient (Wildman–Crippen LogP) is 4.72. The number of benzene rings is 1. The van der Waals surface area contributed by atoms with Crippen LogP contribution >= 0.6 is 27.5 Å². The van der Waals surface area contributed by atoms with E-state index in [1.54, 1.807) is 0 Å². The number of hydrogen-bond acceptors (Lipinski definition) is 1. The highest BCUT2D eigenvalue weighted by Gasteiger charge is 2.24. The van der Waals surface area contributed by atoms with E-state index in [0.717, 1.165) is 17.1 Å². The second-order valence-corrected chi connectivity index (χ2v) is 6.53. The average molecular weight is 342 g/mol. The van der Waals surface area contributed by atoms with Crippen LogP contribution in [0, 0.1) is 6.92 Å². The fraction of sp³-hybridized carbons (Fsp3) is 0.467. The number of rotatable bonds is 1. The summed E-state index contributed by atoms with van der Waals surface area (Å²) in [6.07, 6.45) is 3.78. The van der Waals surface area contributed by atoms with Gasteiger partial charge < -0.3 is 9.88 Å². The van der Waals surface area contributed by atoms with Gasteiger partial charge in [0.2, 0.25) is 0 Å². The van der Waals surface area contributed by atoms with Crippen LogP contribution in [0.5, 0.6) is 0 Å². The monoisotopic (exact) mass is 340 g/mol. The van der Waals surface area contributed by atoms with Crippen LogP contribution < -0.4 is 5.32 Å². The summed E-state index contributed by atoms with van der Waals surface area (Å²) in [6.45, 7) is 3.20. The molecule has 0 aliphatic carbocycles. The molecule has 1 atom stereocenters. The van der Waals surface area contributed by atoms with Crippen LogP contribution in [0.3, 0.4) is 0 Å². The number of fused-ring (bicyclic) bond motifs is 1. The molecule has 2 nitrogen and oxygen atoms in total. The zero-order valence-electron chi connectivity index (χ0n) is 11.3. The van der Waals surface area contributed by atoms with Gasteiger partial charge in [0.05, 0.1) is 5.52 Å². The van der Waals surface area contributed by atoms with Crippen molar-refractivity contribution in [1.29, 1.82) is 0 Å². The Morgan fingerprint density at radius 2 is 2.16 bits per heavy atom. The topological polar surface area (TPSA) is 17.0 Å². The second-order valence-electron chi connectivity index (χ2n) is 5.33. The number of piperidine rings is 1. The quantitative estimate of drug-likeness (QED) is 0.794. The maximum atomic E-state index is 6.26. The summed E-state index contributed by atoms with van der Waals surface area (Å²) in [6, 6.07) is 4.54. The Morgan fingerprint density at radius 1 is 1.37 bits per heavy atom. The van der Waals surface area contributed by atoms with E-state index in [4.69, 9.17) is 11.6 Å². The van der Waals surface area contributed by atoms with E-state index in [0.29, 0.717) is 6.04 Å². The molecule has 0 bridgehead atoms. The minimum Gasteiger partial charge on any atom is -0.345 e. The molecule has 0 amide bonds. The van der Waals surface area contributed by atoms with E-state index >= 15 is 0 Å². The molecule has 1 N–H and O–H groups in total. The highest BCUT2D eigenvalue weighted by molar-refractivity contribution is 9.10. The number of halogens is 2. The van der Waals surface area contributed by atoms with E-state index in [2.05, 4.69) is 45.9 Å². The van der Waals surface area contributed by atoms with Gasteiger partial charge in [-0.05, 0) is 53.9 Å². The lowest BCUT2D eigenvalue weighted by molar-refractivity contribution is 0.398. The molecule has 3 rings (SSSR count). The first-order valence-electron chi connectivity index (χ1n) is 6.77. The maximum absolute atomic E-state index is 6.26. The number of aromatic nitrogens is 1. The standard InChI is InChI=1S/C15H18BrClN2/c1-9-11(17)7-6-10-13(16)15(19(2)14(9)10)12-5-3-4-8-18-12/h6-7,12,18H,3-5,8H2,1-2H3. The van der Waals surface area contributed by atoms with Gasteiger partial charge in [0.1, 0.15) is 0 Å². The first-order valence-corrected chi connectivity index (χ1v) is 7.94. The van der Waals surface area contributed by atoms with Crippen LogP contribution in [0.2, 0.25) is 5.02 Å². The largest absolute Gasteiger partial charge is 0.345 e. The van der Waals surface area contributed by atoms with Gasteiger partial charge in [-0.3, -0.25) is 0 Å². The van der Waals surface area contributed by atoms with Crippen LogP contribution in [-0.2, 0) is 7.05 Å². The third-order valence-electron chi connectivity index (χ3n) is 4.16. The molecule has 102 valence electrons. The zero-order valence-corrected chi connectivity index (χ0v) is 13.6. The molecule has 4 heteroatoms. The van der Waals surface area contributed by atoms with Crippen LogP contribution in [0.1, 0.15) is 36.6 Å². The highest BCUT2D eigenvalue weighted by atomic mass is 79.9. The molecular formula is C15H18BrClN2. The SMILES string of the molecule is Cc1c(Cl)ccc2c(Br)c(C3CCCCN3)n(C)c12. The smallest absolute Gasteiger partial charge is 0.0536 e. The first kappa shape index (κ1) is 13.5. The van der Waals surface area contributed by atoms with Crippen LogP contribution in [-0.4, -0.2) is 11.1 Å². The van der Waals surface area contributed by atoms with Crippen LogP contribution in [0.25, 0.3) is 10.9 Å². The summed E-state index contributed by atoms with van der Waals surface area (Å²) in [5, 5.41) is 5.72. The predicted molar refractivity (Wildman–Crippen MR) is 85.0 cm³/mol. The van der Waals surface area contributed by atoms with Gasteiger partial charge in [-0.2, -0.15) is 0 Å². The minimum absolute atomic E-state index is 0.443. The number of aryl methyl sites for hydroxylation is 2. The van der Waals surface area contributed by atoms with Gasteiger partial charge in [-0.15, -0.1) is 0 Å². The Hall–Kier alpha value is -0.510. The molecule has 1 saturated heterocycles. The molecule has 1 aliphatic heterocycles. The summed E-state index contributed by atoms with van der Waals surface area (Å²) in [7, 11) is 2.14. The molecular weight excluding hydrogens is 324 g/mol. The number of nitrogens with one attached hydrogen (secondary N) is 1. The van der Waals surface area contributed by atoms with Gasteiger partial charge in [-0.1, -0.05) is 24.1 Å². The molecule has 1 aromatic carbocycles. The van der Waals surface area contributed by atoms with Crippen molar-refractivity contribution in [2.24, 2.45) is 7.05 Å². The van der Waals surface area contributed by atoms with Crippen LogP contribution in [0.15, 0.2) is 16.6 Å². The van der Waals surface area contributed by atoms with Crippen molar-refractivity contribution >= 4 is 38.4 Å². The molecule has 19 heavy (non-hydrogen) atoms. The summed E-state index contributed by atoms with van der Waals surface area (Å²) >= 11 is 10.1. The van der Waals surface area contributed by atoms with Crippen molar-refractivity contribution in [2.45, 2.75) is 32.2 Å². The normalized spacial score (nSPS) is 20.1. The van der Waals surface area contributed by atoms with Crippen molar-refractivity contribution < 1.29 is 0 Å². The Morgan fingerprint density at radius 3 is 2.84 bits per heavy atom. The molecule has 0 radical (unpaired) electrons. The molecule has 1 unspecified atom stereocenters. The third-order valence-corrected chi connectivity index (χ3v) is 5.41. The molecule has 1 aliphatic rings. The van der Waals surface area contributed by atoms with Crippen molar-refractivity contribution in [2.75, 3.05) is 6.54 Å². The maximum Gasteiger partial charge on any atom is 0.0536 e. The van der Waals surface area contributed by atoms with Crippen molar-refractivity contribution in [3.8, 4) is 0 Å². The Balaban J connectivity index is 2.22. The lowest BCUT2D eigenvalue weighted by Crippen LogP contribution is -2.28. The van der Waals surface area contributed by atoms with Crippen molar-refractivity contribution in [1.82, 2.24) is 9.88 Å². The van der Waals surface area contributed by atoms with Gasteiger partial charge >= 0.3 is 0 Å². The van der Waals surface area contributed by atoms with Gasteiger partial charge in [0.25, 0.3) is 0 Å². The van der Waals surface area contributed by atoms with E-state index < -0.39 is 0 Å². The lowest BCUT2D eigenvalue weighted by Gasteiger charge is -2.24. The van der Waals surface area contributed by atoms with Gasteiger partial charge in [0, 0.05) is 33.7 Å². The number of hydrogen-bond donors (Lipinski definition) is 1. The molecule has 1 aromatic heterocycles. The summed E-state index contributed by atoms with van der Waals surface area (Å²) < 4.78 is 3.51. The minimum atomic E-state index is 0.443. The lowest BCUT2D eigenvalue weighted by atomic mass is 10.0. The van der Waals surface area contributed by atoms with Crippen LogP contribution in [0.4, 0.5) is 0 Å². The number of nitrogens with zero attached hydrogens (tertiary/aromatic N) is 1. The average Bonchev–Trinajstić information content (AvgIpc) is 2.67. The third kappa shape index (κ3) is 2.12. The van der Waals surface area contributed by atoms with E-state index in [1.165, 1.54) is 40.3 Å². The molecule has 2 aromatic rings. The van der Waals surface area contributed by atoms with E-state index in [-0.39, 0.29) is 0 Å². The summed E-state index contributed by atoms with van der Waals surface area (Å²) in [5.74, 6) is 0. The zero-order chi connectivity index (χ0) is 13.6.